The van der Waals surface area contributed by atoms with Crippen molar-refractivity contribution in [3.63, 3.8) is 0 Å². The van der Waals surface area contributed by atoms with Gasteiger partial charge in [-0.05, 0) is 44.4 Å². The highest BCUT2D eigenvalue weighted by atomic mass is 16.3. The van der Waals surface area contributed by atoms with Gasteiger partial charge in [-0.15, -0.1) is 5.10 Å². The van der Waals surface area contributed by atoms with Gasteiger partial charge in [-0.2, -0.15) is 5.10 Å². The summed E-state index contributed by atoms with van der Waals surface area (Å²) in [7, 11) is 2.13. The van der Waals surface area contributed by atoms with Crippen molar-refractivity contribution in [3.05, 3.63) is 35.7 Å². The smallest absolute Gasteiger partial charge is 0.180 e. The van der Waals surface area contributed by atoms with Crippen molar-refractivity contribution in [2.75, 3.05) is 25.0 Å². The zero-order chi connectivity index (χ0) is 14.9. The van der Waals surface area contributed by atoms with Crippen LogP contribution in [-0.2, 0) is 19.4 Å². The Kier molecular flexibility index (Phi) is 3.54. The van der Waals surface area contributed by atoms with Gasteiger partial charge < -0.3 is 9.32 Å². The van der Waals surface area contributed by atoms with E-state index >= 15 is 0 Å². The van der Waals surface area contributed by atoms with E-state index in [0.29, 0.717) is 6.04 Å². The number of oxazole rings is 1. The third-order valence-corrected chi connectivity index (χ3v) is 4.76. The maximum atomic E-state index is 5.02. The van der Waals surface area contributed by atoms with Crippen LogP contribution in [0.25, 0.3) is 0 Å². The molecule has 116 valence electrons. The molecule has 4 rings (SSSR count). The Hall–Kier alpha value is -1.95. The summed E-state index contributed by atoms with van der Waals surface area (Å²) < 4.78 is 5.02. The Morgan fingerprint density at radius 1 is 1.27 bits per heavy atom. The van der Waals surface area contributed by atoms with Crippen molar-refractivity contribution >= 4 is 5.82 Å². The van der Waals surface area contributed by atoms with Crippen LogP contribution in [0.5, 0.6) is 0 Å². The van der Waals surface area contributed by atoms with E-state index in [1.807, 2.05) is 0 Å². The largest absolute Gasteiger partial charge is 0.451 e. The summed E-state index contributed by atoms with van der Waals surface area (Å²) in [6.45, 7) is 2.83. The monoisotopic (exact) mass is 299 g/mol. The third-order valence-electron chi connectivity index (χ3n) is 4.76. The zero-order valence-corrected chi connectivity index (χ0v) is 12.9. The Morgan fingerprint density at radius 3 is 2.95 bits per heavy atom. The number of aryl methyl sites for hydroxylation is 2. The molecule has 2 aromatic heterocycles. The molecule has 0 unspecified atom stereocenters. The summed E-state index contributed by atoms with van der Waals surface area (Å²) in [5.74, 6) is 1.03. The molecule has 3 heterocycles. The normalized spacial score (nSPS) is 18.4. The van der Waals surface area contributed by atoms with E-state index in [0.717, 1.165) is 44.0 Å². The molecule has 0 bridgehead atoms. The van der Waals surface area contributed by atoms with Crippen molar-refractivity contribution in [1.29, 1.82) is 0 Å². The van der Waals surface area contributed by atoms with Gasteiger partial charge in [0.1, 0.15) is 6.26 Å². The van der Waals surface area contributed by atoms with Gasteiger partial charge in [-0.1, -0.05) is 0 Å². The first kappa shape index (κ1) is 13.7. The Balaban J connectivity index is 1.36. The number of nitrogens with zero attached hydrogens (tertiary/aromatic N) is 5. The molecule has 2 aliphatic rings. The summed E-state index contributed by atoms with van der Waals surface area (Å²) in [5.41, 5.74) is 3.58. The summed E-state index contributed by atoms with van der Waals surface area (Å²) in [6.07, 6.45) is 7.97. The highest BCUT2D eigenvalue weighted by molar-refractivity contribution is 5.45. The second kappa shape index (κ2) is 5.68. The molecule has 1 aliphatic carbocycles. The lowest BCUT2D eigenvalue weighted by Gasteiger charge is -2.44. The quantitative estimate of drug-likeness (QED) is 0.856. The number of aromatic nitrogens is 3. The second-order valence-electron chi connectivity index (χ2n) is 6.34. The van der Waals surface area contributed by atoms with Crippen LogP contribution in [0.15, 0.2) is 23.1 Å². The van der Waals surface area contributed by atoms with Crippen molar-refractivity contribution in [2.45, 2.75) is 38.3 Å². The Morgan fingerprint density at radius 2 is 2.14 bits per heavy atom. The predicted molar refractivity (Wildman–Crippen MR) is 82.6 cm³/mol. The summed E-state index contributed by atoms with van der Waals surface area (Å²) in [6, 6.07) is 2.78. The van der Waals surface area contributed by atoms with Crippen molar-refractivity contribution < 1.29 is 4.42 Å². The average molecular weight is 299 g/mol. The molecule has 1 aliphatic heterocycles. The maximum absolute atomic E-state index is 5.02. The van der Waals surface area contributed by atoms with Gasteiger partial charge in [0, 0.05) is 25.7 Å². The van der Waals surface area contributed by atoms with E-state index in [-0.39, 0.29) is 0 Å². The first-order valence-corrected chi connectivity index (χ1v) is 7.97. The first-order valence-electron chi connectivity index (χ1n) is 7.97. The second-order valence-corrected chi connectivity index (χ2v) is 6.34. The number of hydrogen-bond donors (Lipinski definition) is 0. The number of fused-ring (bicyclic) bond motifs is 1. The van der Waals surface area contributed by atoms with Crippen LogP contribution in [0, 0.1) is 0 Å². The minimum absolute atomic E-state index is 0.537. The van der Waals surface area contributed by atoms with Crippen molar-refractivity contribution in [1.82, 2.24) is 20.1 Å². The van der Waals surface area contributed by atoms with Gasteiger partial charge in [0.05, 0.1) is 11.4 Å². The fraction of sp³-hybridized carbons (Fsp3) is 0.562. The van der Waals surface area contributed by atoms with E-state index in [1.165, 1.54) is 30.5 Å². The summed E-state index contributed by atoms with van der Waals surface area (Å²) in [5, 5.41) is 8.84. The van der Waals surface area contributed by atoms with E-state index in [4.69, 9.17) is 4.42 Å². The van der Waals surface area contributed by atoms with Crippen LogP contribution in [0.1, 0.15) is 29.8 Å². The van der Waals surface area contributed by atoms with Gasteiger partial charge in [0.2, 0.25) is 0 Å². The van der Waals surface area contributed by atoms with Gasteiger partial charge >= 0.3 is 0 Å². The molecule has 1 fully saturated rings. The van der Waals surface area contributed by atoms with Crippen LogP contribution in [0.4, 0.5) is 5.82 Å². The minimum Gasteiger partial charge on any atom is -0.451 e. The van der Waals surface area contributed by atoms with Crippen LogP contribution in [0.2, 0.25) is 0 Å². The SMILES string of the molecule is CN(Cc1cocn1)C1CN(c2cc3c(nn2)CCCC3)C1. The summed E-state index contributed by atoms with van der Waals surface area (Å²) in [4.78, 5) is 8.81. The highest BCUT2D eigenvalue weighted by Crippen LogP contribution is 2.26. The number of rotatable bonds is 4. The predicted octanol–water partition coefficient (Wildman–Crippen LogP) is 1.66. The van der Waals surface area contributed by atoms with Crippen LogP contribution in [-0.4, -0.2) is 46.3 Å². The van der Waals surface area contributed by atoms with Crippen molar-refractivity contribution in [2.24, 2.45) is 0 Å². The molecule has 6 nitrogen and oxygen atoms in total. The minimum atomic E-state index is 0.537. The lowest BCUT2D eigenvalue weighted by molar-refractivity contribution is 0.194. The van der Waals surface area contributed by atoms with Gasteiger partial charge in [0.25, 0.3) is 0 Å². The maximum Gasteiger partial charge on any atom is 0.180 e. The standard InChI is InChI=1S/C16H21N5O/c1-20(7-13-10-22-11-17-13)14-8-21(9-14)16-6-12-4-2-3-5-15(12)18-19-16/h6,10-11,14H,2-5,7-9H2,1H3. The lowest BCUT2D eigenvalue weighted by atomic mass is 9.96. The molecule has 1 saturated heterocycles. The number of anilines is 1. The molecule has 0 aromatic carbocycles. The van der Waals surface area contributed by atoms with E-state index in [1.54, 1.807) is 6.26 Å². The fourth-order valence-corrected chi connectivity index (χ4v) is 3.25. The van der Waals surface area contributed by atoms with Crippen LogP contribution in [0.3, 0.4) is 0 Å². The topological polar surface area (TPSA) is 58.3 Å². The van der Waals surface area contributed by atoms with Gasteiger partial charge in [-0.3, -0.25) is 4.90 Å². The molecule has 0 atom stereocenters. The molecule has 6 heteroatoms. The molecular weight excluding hydrogens is 278 g/mol. The number of hydrogen-bond acceptors (Lipinski definition) is 6. The molecule has 0 spiro atoms. The van der Waals surface area contributed by atoms with E-state index in [9.17, 15) is 0 Å². The Labute approximate surface area is 130 Å². The molecule has 0 radical (unpaired) electrons. The number of likely N-dealkylation sites (N-methyl/N-ethyl adjacent to an activating group) is 1. The lowest BCUT2D eigenvalue weighted by Crippen LogP contribution is -2.58. The molecule has 0 N–H and O–H groups in total. The van der Waals surface area contributed by atoms with Gasteiger partial charge in [-0.25, -0.2) is 4.98 Å². The average Bonchev–Trinajstić information content (AvgIpc) is 2.98. The fourth-order valence-electron chi connectivity index (χ4n) is 3.25. The molecular formula is C16H21N5O. The van der Waals surface area contributed by atoms with Crippen LogP contribution >= 0.6 is 0 Å². The highest BCUT2D eigenvalue weighted by Gasteiger charge is 2.31. The van der Waals surface area contributed by atoms with Crippen molar-refractivity contribution in [3.8, 4) is 0 Å². The molecule has 0 amide bonds. The first-order chi connectivity index (χ1) is 10.8. The summed E-state index contributed by atoms with van der Waals surface area (Å²) >= 11 is 0. The zero-order valence-electron chi connectivity index (χ0n) is 12.9. The van der Waals surface area contributed by atoms with Crippen LogP contribution < -0.4 is 4.90 Å². The Bertz CT molecular complexity index is 636. The molecule has 0 saturated carbocycles. The van der Waals surface area contributed by atoms with E-state index < -0.39 is 0 Å². The third kappa shape index (κ3) is 2.59. The van der Waals surface area contributed by atoms with Gasteiger partial charge in [0.15, 0.2) is 12.2 Å². The molecule has 2 aromatic rings. The van der Waals surface area contributed by atoms with E-state index in [2.05, 4.69) is 38.1 Å². The molecule has 22 heavy (non-hydrogen) atoms.